The van der Waals surface area contributed by atoms with E-state index < -0.39 is 16.6 Å². The van der Waals surface area contributed by atoms with Crippen LogP contribution in [0.5, 0.6) is 11.5 Å². The molecule has 0 aliphatic carbocycles. The topological polar surface area (TPSA) is 76.7 Å². The Hall–Kier alpha value is -3.08. The first-order chi connectivity index (χ1) is 11.1. The second-order valence-corrected chi connectivity index (χ2v) is 4.89. The van der Waals surface area contributed by atoms with Crippen molar-refractivity contribution in [3.63, 3.8) is 0 Å². The molecule has 0 amide bonds. The highest BCUT2D eigenvalue weighted by Crippen LogP contribution is 2.30. The second-order valence-electron chi connectivity index (χ2n) is 4.89. The van der Waals surface area contributed by atoms with Crippen molar-refractivity contribution in [1.29, 1.82) is 0 Å². The van der Waals surface area contributed by atoms with Gasteiger partial charge in [-0.2, -0.15) is 0 Å². The Morgan fingerprint density at radius 2 is 1.74 bits per heavy atom. The van der Waals surface area contributed by atoms with Crippen LogP contribution in [0.3, 0.4) is 0 Å². The maximum Gasteiger partial charge on any atom is 0.235 e. The van der Waals surface area contributed by atoms with Crippen molar-refractivity contribution in [2.45, 2.75) is 6.92 Å². The highest BCUT2D eigenvalue weighted by molar-refractivity contribution is 5.81. The standard InChI is InChI=1S/C18H14O5/c1-2-22-12-9-7-11(8-10-12)17-16(21)15(20)13-5-3-4-6-14(19)18(13)23-17/h3-10,21H,2H2,1H3. The minimum Gasteiger partial charge on any atom is -0.502 e. The molecule has 0 spiro atoms. The van der Waals surface area contributed by atoms with E-state index in [9.17, 15) is 14.7 Å². The molecule has 0 aliphatic heterocycles. The van der Waals surface area contributed by atoms with Crippen molar-refractivity contribution < 1.29 is 14.3 Å². The maximum atomic E-state index is 12.3. The van der Waals surface area contributed by atoms with E-state index >= 15 is 0 Å². The van der Waals surface area contributed by atoms with Crippen molar-refractivity contribution in [3.8, 4) is 22.8 Å². The fourth-order valence-electron chi connectivity index (χ4n) is 2.31. The normalized spacial score (nSPS) is 10.7. The summed E-state index contributed by atoms with van der Waals surface area (Å²) in [6, 6.07) is 12.5. The molecule has 0 fully saturated rings. The molecule has 5 heteroatoms. The van der Waals surface area contributed by atoms with Gasteiger partial charge in [0, 0.05) is 5.56 Å². The summed E-state index contributed by atoms with van der Waals surface area (Å²) in [4.78, 5) is 24.3. The van der Waals surface area contributed by atoms with Crippen LogP contribution in [0.1, 0.15) is 6.92 Å². The van der Waals surface area contributed by atoms with E-state index in [4.69, 9.17) is 9.15 Å². The van der Waals surface area contributed by atoms with Crippen LogP contribution in [0, 0.1) is 0 Å². The van der Waals surface area contributed by atoms with Crippen LogP contribution in [-0.2, 0) is 0 Å². The molecule has 1 aromatic heterocycles. The average molecular weight is 310 g/mol. The zero-order valence-corrected chi connectivity index (χ0v) is 12.4. The van der Waals surface area contributed by atoms with Crippen LogP contribution in [0.2, 0.25) is 0 Å². The van der Waals surface area contributed by atoms with Gasteiger partial charge in [-0.1, -0.05) is 12.1 Å². The highest BCUT2D eigenvalue weighted by atomic mass is 16.5. The van der Waals surface area contributed by atoms with Crippen molar-refractivity contribution in [3.05, 3.63) is 69.0 Å². The smallest absolute Gasteiger partial charge is 0.235 e. The Morgan fingerprint density at radius 1 is 1.04 bits per heavy atom. The Morgan fingerprint density at radius 3 is 2.43 bits per heavy atom. The molecule has 2 aromatic carbocycles. The molecule has 5 nitrogen and oxygen atoms in total. The molecule has 0 radical (unpaired) electrons. The third-order valence-electron chi connectivity index (χ3n) is 3.40. The van der Waals surface area contributed by atoms with Crippen LogP contribution in [0.15, 0.2) is 62.5 Å². The van der Waals surface area contributed by atoms with Gasteiger partial charge in [-0.25, -0.2) is 0 Å². The largest absolute Gasteiger partial charge is 0.502 e. The number of rotatable bonds is 3. The fourth-order valence-corrected chi connectivity index (χ4v) is 2.31. The molecule has 1 N–H and O–H groups in total. The minimum atomic E-state index is -0.636. The van der Waals surface area contributed by atoms with Gasteiger partial charge >= 0.3 is 0 Å². The van der Waals surface area contributed by atoms with E-state index in [1.807, 2.05) is 6.92 Å². The molecule has 0 bridgehead atoms. The monoisotopic (exact) mass is 310 g/mol. The SMILES string of the molecule is CCOc1ccc(-c2oc3c(=O)ccccc3c(=O)c2O)cc1. The Labute approximate surface area is 131 Å². The van der Waals surface area contributed by atoms with Gasteiger partial charge in [0.2, 0.25) is 16.6 Å². The molecule has 1 heterocycles. The van der Waals surface area contributed by atoms with E-state index in [0.29, 0.717) is 17.9 Å². The van der Waals surface area contributed by atoms with E-state index in [0.717, 1.165) is 0 Å². The summed E-state index contributed by atoms with van der Waals surface area (Å²) in [5.41, 5.74) is -0.657. The third kappa shape index (κ3) is 2.68. The lowest BCUT2D eigenvalue weighted by molar-refractivity contribution is 0.340. The number of ether oxygens (including phenoxy) is 1. The fraction of sp³-hybridized carbons (Fsp3) is 0.111. The van der Waals surface area contributed by atoms with Crippen LogP contribution < -0.4 is 15.6 Å². The summed E-state index contributed by atoms with van der Waals surface area (Å²) in [6.07, 6.45) is 0. The first-order valence-electron chi connectivity index (χ1n) is 7.14. The van der Waals surface area contributed by atoms with Crippen LogP contribution in [0.4, 0.5) is 0 Å². The summed E-state index contributed by atoms with van der Waals surface area (Å²) < 4.78 is 10.9. The third-order valence-corrected chi connectivity index (χ3v) is 3.40. The average Bonchev–Trinajstić information content (AvgIpc) is 2.74. The molecular formula is C18H14O5. The van der Waals surface area contributed by atoms with Crippen molar-refractivity contribution >= 4 is 11.0 Å². The number of fused-ring (bicyclic) bond motifs is 1. The molecule has 0 aliphatic rings. The molecule has 0 unspecified atom stereocenters. The van der Waals surface area contributed by atoms with Gasteiger partial charge < -0.3 is 14.3 Å². The Bertz CT molecular complexity index is 971. The lowest BCUT2D eigenvalue weighted by Gasteiger charge is -2.06. The second kappa shape index (κ2) is 5.96. The van der Waals surface area contributed by atoms with E-state index in [1.165, 1.54) is 18.2 Å². The number of aromatic hydroxyl groups is 1. The first kappa shape index (κ1) is 14.8. The van der Waals surface area contributed by atoms with Gasteiger partial charge in [-0.15, -0.1) is 0 Å². The lowest BCUT2D eigenvalue weighted by Crippen LogP contribution is -2.06. The van der Waals surface area contributed by atoms with Gasteiger partial charge in [0.25, 0.3) is 0 Å². The summed E-state index contributed by atoms with van der Waals surface area (Å²) in [5.74, 6) is 0.107. The van der Waals surface area contributed by atoms with Crippen LogP contribution in [0.25, 0.3) is 22.3 Å². The van der Waals surface area contributed by atoms with E-state index in [1.54, 1.807) is 30.3 Å². The number of benzene rings is 1. The Balaban J connectivity index is 2.26. The first-order valence-corrected chi connectivity index (χ1v) is 7.14. The quantitative estimate of drug-likeness (QED) is 0.805. The molecule has 3 aromatic rings. The maximum absolute atomic E-state index is 12.3. The highest BCUT2D eigenvalue weighted by Gasteiger charge is 2.16. The summed E-state index contributed by atoms with van der Waals surface area (Å²) in [7, 11) is 0. The zero-order valence-electron chi connectivity index (χ0n) is 12.4. The molecule has 0 atom stereocenters. The minimum absolute atomic E-state index is 0.0335. The van der Waals surface area contributed by atoms with Crippen LogP contribution in [-0.4, -0.2) is 11.7 Å². The van der Waals surface area contributed by atoms with Gasteiger partial charge in [-0.05, 0) is 43.3 Å². The van der Waals surface area contributed by atoms with Crippen molar-refractivity contribution in [2.75, 3.05) is 6.61 Å². The van der Waals surface area contributed by atoms with Crippen molar-refractivity contribution in [2.24, 2.45) is 0 Å². The summed E-state index contributed by atoms with van der Waals surface area (Å²) >= 11 is 0. The van der Waals surface area contributed by atoms with Gasteiger partial charge in [0.05, 0.1) is 12.0 Å². The number of hydrogen-bond donors (Lipinski definition) is 1. The van der Waals surface area contributed by atoms with Gasteiger partial charge in [-0.3, -0.25) is 9.59 Å². The van der Waals surface area contributed by atoms with E-state index in [2.05, 4.69) is 0 Å². The molecular weight excluding hydrogens is 296 g/mol. The summed E-state index contributed by atoms with van der Waals surface area (Å²) in [6.45, 7) is 2.41. The predicted octanol–water partition coefficient (Wildman–Crippen LogP) is 2.92. The zero-order chi connectivity index (χ0) is 16.4. The van der Waals surface area contributed by atoms with Gasteiger partial charge in [0.1, 0.15) is 5.75 Å². The molecule has 116 valence electrons. The molecule has 0 saturated carbocycles. The molecule has 23 heavy (non-hydrogen) atoms. The van der Waals surface area contributed by atoms with Crippen molar-refractivity contribution in [1.82, 2.24) is 0 Å². The molecule has 0 saturated heterocycles. The predicted molar refractivity (Wildman–Crippen MR) is 87.0 cm³/mol. The van der Waals surface area contributed by atoms with Gasteiger partial charge in [0.15, 0.2) is 11.3 Å². The van der Waals surface area contributed by atoms with E-state index in [-0.39, 0.29) is 16.7 Å². The summed E-state index contributed by atoms with van der Waals surface area (Å²) in [5, 5.41) is 10.2. The Kier molecular flexibility index (Phi) is 3.85. The number of hydrogen-bond acceptors (Lipinski definition) is 5. The lowest BCUT2D eigenvalue weighted by atomic mass is 10.1. The molecule has 3 rings (SSSR count). The van der Waals surface area contributed by atoms with Crippen LogP contribution >= 0.6 is 0 Å².